The number of hydrogen-bond acceptors (Lipinski definition) is 2. The lowest BCUT2D eigenvalue weighted by Gasteiger charge is -2.08. The van der Waals surface area contributed by atoms with E-state index in [4.69, 9.17) is 4.74 Å². The highest BCUT2D eigenvalue weighted by Gasteiger charge is 2.10. The molecule has 0 N–H and O–H groups in total. The molecule has 2 rings (SSSR count). The molecular formula is C17H18O2. The Morgan fingerprint density at radius 2 is 1.74 bits per heavy atom. The molecule has 0 amide bonds. The van der Waals surface area contributed by atoms with Crippen LogP contribution in [-0.4, -0.2) is 12.4 Å². The predicted molar refractivity (Wildman–Crippen MR) is 76.8 cm³/mol. The van der Waals surface area contributed by atoms with Crippen LogP contribution >= 0.6 is 0 Å². The maximum Gasteiger partial charge on any atom is 0.166 e. The van der Waals surface area contributed by atoms with Gasteiger partial charge in [-0.25, -0.2) is 0 Å². The lowest BCUT2D eigenvalue weighted by atomic mass is 9.99. The molecule has 0 atom stereocenters. The molecule has 98 valence electrons. The lowest BCUT2D eigenvalue weighted by molar-refractivity contribution is 0.0961. The minimum absolute atomic E-state index is 0.136. The van der Waals surface area contributed by atoms with E-state index < -0.39 is 0 Å². The molecule has 0 aliphatic rings. The Labute approximate surface area is 114 Å². The first-order chi connectivity index (χ1) is 9.18. The summed E-state index contributed by atoms with van der Waals surface area (Å²) in [7, 11) is 0. The van der Waals surface area contributed by atoms with Crippen LogP contribution in [0.4, 0.5) is 0 Å². The topological polar surface area (TPSA) is 26.3 Å². The highest BCUT2D eigenvalue weighted by atomic mass is 16.5. The number of ketones is 1. The van der Waals surface area contributed by atoms with Gasteiger partial charge in [0.2, 0.25) is 0 Å². The highest BCUT2D eigenvalue weighted by Crippen LogP contribution is 2.15. The number of benzene rings is 2. The minimum atomic E-state index is 0.136. The molecule has 0 radical (unpaired) electrons. The highest BCUT2D eigenvalue weighted by molar-refractivity contribution is 5.97. The van der Waals surface area contributed by atoms with Crippen LogP contribution in [0.25, 0.3) is 0 Å². The Balaban J connectivity index is 1.93. The van der Waals surface area contributed by atoms with Crippen molar-refractivity contribution < 1.29 is 9.53 Å². The zero-order valence-electron chi connectivity index (χ0n) is 11.3. The largest absolute Gasteiger partial charge is 0.493 e. The molecule has 0 saturated carbocycles. The van der Waals surface area contributed by atoms with Crippen LogP contribution in [0.5, 0.6) is 5.75 Å². The summed E-state index contributed by atoms with van der Waals surface area (Å²) < 4.78 is 5.55. The summed E-state index contributed by atoms with van der Waals surface area (Å²) in [6.07, 6.45) is 0.402. The number of aryl methyl sites for hydroxylation is 1. The van der Waals surface area contributed by atoms with Crippen molar-refractivity contribution in [1.29, 1.82) is 0 Å². The van der Waals surface area contributed by atoms with Crippen LogP contribution in [-0.2, 0) is 0 Å². The average Bonchev–Trinajstić information content (AvgIpc) is 2.43. The zero-order chi connectivity index (χ0) is 13.7. The van der Waals surface area contributed by atoms with Crippen LogP contribution in [0, 0.1) is 13.8 Å². The Hall–Kier alpha value is -2.09. The van der Waals surface area contributed by atoms with E-state index in [9.17, 15) is 4.79 Å². The van der Waals surface area contributed by atoms with Gasteiger partial charge in [0, 0.05) is 12.0 Å². The van der Waals surface area contributed by atoms with Gasteiger partial charge in [0.05, 0.1) is 6.61 Å². The molecule has 0 aliphatic heterocycles. The smallest absolute Gasteiger partial charge is 0.166 e. The molecular weight excluding hydrogens is 236 g/mol. The number of rotatable bonds is 5. The van der Waals surface area contributed by atoms with Gasteiger partial charge >= 0.3 is 0 Å². The molecule has 0 aliphatic carbocycles. The number of ether oxygens (including phenoxy) is 1. The van der Waals surface area contributed by atoms with E-state index in [0.29, 0.717) is 13.0 Å². The third-order valence-corrected chi connectivity index (χ3v) is 3.25. The number of hydrogen-bond donors (Lipinski definition) is 0. The van der Waals surface area contributed by atoms with Crippen molar-refractivity contribution in [2.24, 2.45) is 0 Å². The van der Waals surface area contributed by atoms with Gasteiger partial charge in [0.1, 0.15) is 5.75 Å². The number of carbonyl (C=O) groups is 1. The maximum atomic E-state index is 12.1. The average molecular weight is 254 g/mol. The second-order valence-corrected chi connectivity index (χ2v) is 4.58. The predicted octanol–water partition coefficient (Wildman–Crippen LogP) is 3.96. The van der Waals surface area contributed by atoms with E-state index in [1.54, 1.807) is 0 Å². The van der Waals surface area contributed by atoms with E-state index in [1.807, 2.05) is 62.4 Å². The van der Waals surface area contributed by atoms with E-state index in [0.717, 1.165) is 22.4 Å². The van der Waals surface area contributed by atoms with E-state index in [1.165, 1.54) is 0 Å². The normalized spacial score (nSPS) is 10.2. The summed E-state index contributed by atoms with van der Waals surface area (Å²) >= 11 is 0. The summed E-state index contributed by atoms with van der Waals surface area (Å²) in [5.74, 6) is 0.938. The molecule has 19 heavy (non-hydrogen) atoms. The van der Waals surface area contributed by atoms with Gasteiger partial charge in [0.25, 0.3) is 0 Å². The standard InChI is InChI=1S/C17H18O2/c1-13-7-6-10-16(14(13)2)17(18)11-12-19-15-8-4-3-5-9-15/h3-10H,11-12H2,1-2H3. The van der Waals surface area contributed by atoms with E-state index in [2.05, 4.69) is 0 Å². The summed E-state index contributed by atoms with van der Waals surface area (Å²) in [5, 5.41) is 0. The quantitative estimate of drug-likeness (QED) is 0.755. The molecule has 0 unspecified atom stereocenters. The van der Waals surface area contributed by atoms with Gasteiger partial charge in [-0.15, -0.1) is 0 Å². The first-order valence-electron chi connectivity index (χ1n) is 6.46. The summed E-state index contributed by atoms with van der Waals surface area (Å²) in [4.78, 5) is 12.1. The Morgan fingerprint density at radius 1 is 1.00 bits per heavy atom. The molecule has 0 heterocycles. The van der Waals surface area contributed by atoms with Crippen molar-refractivity contribution in [1.82, 2.24) is 0 Å². The fraction of sp³-hybridized carbons (Fsp3) is 0.235. The van der Waals surface area contributed by atoms with Crippen molar-refractivity contribution in [3.63, 3.8) is 0 Å². The minimum Gasteiger partial charge on any atom is -0.493 e. The maximum absolute atomic E-state index is 12.1. The zero-order valence-corrected chi connectivity index (χ0v) is 11.3. The second kappa shape index (κ2) is 6.19. The van der Waals surface area contributed by atoms with Crippen LogP contribution < -0.4 is 4.74 Å². The van der Waals surface area contributed by atoms with Crippen molar-refractivity contribution in [3.05, 3.63) is 65.2 Å². The number of para-hydroxylation sites is 1. The fourth-order valence-electron chi connectivity index (χ4n) is 1.97. The van der Waals surface area contributed by atoms with Crippen LogP contribution in [0.3, 0.4) is 0 Å². The molecule has 2 heteroatoms. The van der Waals surface area contributed by atoms with Crippen molar-refractivity contribution in [3.8, 4) is 5.75 Å². The van der Waals surface area contributed by atoms with Gasteiger partial charge in [-0.3, -0.25) is 4.79 Å². The van der Waals surface area contributed by atoms with Crippen LogP contribution in [0.15, 0.2) is 48.5 Å². The summed E-state index contributed by atoms with van der Waals surface area (Å²) in [6.45, 7) is 4.42. The van der Waals surface area contributed by atoms with Crippen molar-refractivity contribution in [2.45, 2.75) is 20.3 Å². The van der Waals surface area contributed by atoms with Gasteiger partial charge in [-0.1, -0.05) is 36.4 Å². The van der Waals surface area contributed by atoms with E-state index in [-0.39, 0.29) is 5.78 Å². The van der Waals surface area contributed by atoms with Gasteiger partial charge in [-0.05, 0) is 37.1 Å². The lowest BCUT2D eigenvalue weighted by Crippen LogP contribution is -2.08. The molecule has 2 nitrogen and oxygen atoms in total. The molecule has 0 saturated heterocycles. The molecule has 0 aromatic heterocycles. The summed E-state index contributed by atoms with van der Waals surface area (Å²) in [5.41, 5.74) is 3.01. The van der Waals surface area contributed by atoms with Crippen molar-refractivity contribution >= 4 is 5.78 Å². The second-order valence-electron chi connectivity index (χ2n) is 4.58. The monoisotopic (exact) mass is 254 g/mol. The number of carbonyl (C=O) groups excluding carboxylic acids is 1. The van der Waals surface area contributed by atoms with Crippen molar-refractivity contribution in [2.75, 3.05) is 6.61 Å². The first-order valence-corrected chi connectivity index (χ1v) is 6.46. The summed E-state index contributed by atoms with van der Waals surface area (Å²) in [6, 6.07) is 15.4. The van der Waals surface area contributed by atoms with Gasteiger partial charge in [-0.2, -0.15) is 0 Å². The van der Waals surface area contributed by atoms with Gasteiger partial charge in [0.15, 0.2) is 5.78 Å². The SMILES string of the molecule is Cc1cccc(C(=O)CCOc2ccccc2)c1C. The molecule has 0 bridgehead atoms. The third kappa shape index (κ3) is 3.44. The molecule has 2 aromatic rings. The third-order valence-electron chi connectivity index (χ3n) is 3.25. The van der Waals surface area contributed by atoms with Crippen LogP contribution in [0.2, 0.25) is 0 Å². The first kappa shape index (κ1) is 13.3. The van der Waals surface area contributed by atoms with E-state index >= 15 is 0 Å². The Bertz CT molecular complexity index is 559. The number of Topliss-reactive ketones (excluding diaryl/α,β-unsaturated/α-hetero) is 1. The molecule has 0 spiro atoms. The molecule has 0 fully saturated rings. The Kier molecular flexibility index (Phi) is 4.35. The fourth-order valence-corrected chi connectivity index (χ4v) is 1.97. The Morgan fingerprint density at radius 3 is 2.47 bits per heavy atom. The molecule has 2 aromatic carbocycles. The van der Waals surface area contributed by atoms with Crippen LogP contribution in [0.1, 0.15) is 27.9 Å². The van der Waals surface area contributed by atoms with Gasteiger partial charge < -0.3 is 4.74 Å².